The number of aryl methyl sites for hydroxylation is 1. The first-order valence-electron chi connectivity index (χ1n) is 7.25. The molecule has 1 rings (SSSR count). The molecule has 3 N–H and O–H groups in total. The number of nitrogens with one attached hydrogen (secondary N) is 3. The molecule has 0 aliphatic rings. The monoisotopic (exact) mass is 279 g/mol. The van der Waals surface area contributed by atoms with Crippen molar-refractivity contribution in [3.05, 3.63) is 11.9 Å². The molecule has 0 fully saturated rings. The van der Waals surface area contributed by atoms with Crippen LogP contribution in [0.15, 0.2) is 6.07 Å². The smallest absolute Gasteiger partial charge is 0.221 e. The third kappa shape index (κ3) is 6.36. The summed E-state index contributed by atoms with van der Waals surface area (Å²) in [7, 11) is 0. The van der Waals surface area contributed by atoms with Crippen LogP contribution >= 0.6 is 0 Å². The minimum Gasteiger partial charge on any atom is -0.370 e. The van der Waals surface area contributed by atoms with Gasteiger partial charge in [0.15, 0.2) is 0 Å². The quantitative estimate of drug-likeness (QED) is 0.644. The number of carbonyl (C=O) groups is 1. The number of carbonyl (C=O) groups excluding carboxylic acids is 1. The van der Waals surface area contributed by atoms with Crippen molar-refractivity contribution in [1.82, 2.24) is 15.3 Å². The van der Waals surface area contributed by atoms with Crippen molar-refractivity contribution < 1.29 is 4.79 Å². The van der Waals surface area contributed by atoms with Gasteiger partial charge in [-0.2, -0.15) is 0 Å². The summed E-state index contributed by atoms with van der Waals surface area (Å²) in [4.78, 5) is 20.1. The highest BCUT2D eigenvalue weighted by Crippen LogP contribution is 2.10. The van der Waals surface area contributed by atoms with Crippen LogP contribution in [0.2, 0.25) is 0 Å². The second-order valence-electron chi connectivity index (χ2n) is 4.64. The summed E-state index contributed by atoms with van der Waals surface area (Å²) in [6.45, 7) is 8.18. The zero-order valence-electron chi connectivity index (χ0n) is 12.6. The van der Waals surface area contributed by atoms with E-state index in [2.05, 4.69) is 32.8 Å². The predicted octanol–water partition coefficient (Wildman–Crippen LogP) is 1.94. The zero-order chi connectivity index (χ0) is 14.8. The molecule has 6 nitrogen and oxygen atoms in total. The SMILES string of the molecule is CCCNC(=O)CCNc1cc(NCCC)nc(C)n1. The van der Waals surface area contributed by atoms with Gasteiger partial charge in [0.1, 0.15) is 17.5 Å². The van der Waals surface area contributed by atoms with Gasteiger partial charge in [-0.15, -0.1) is 0 Å². The Bertz CT molecular complexity index is 422. The van der Waals surface area contributed by atoms with E-state index >= 15 is 0 Å². The normalized spacial score (nSPS) is 10.2. The van der Waals surface area contributed by atoms with E-state index in [-0.39, 0.29) is 5.91 Å². The molecule has 112 valence electrons. The highest BCUT2D eigenvalue weighted by atomic mass is 16.1. The van der Waals surface area contributed by atoms with Gasteiger partial charge in [0.25, 0.3) is 0 Å². The predicted molar refractivity (Wildman–Crippen MR) is 82.0 cm³/mol. The molecule has 1 aromatic heterocycles. The van der Waals surface area contributed by atoms with E-state index in [0.717, 1.165) is 37.6 Å². The Kier molecular flexibility index (Phi) is 7.39. The summed E-state index contributed by atoms with van der Waals surface area (Å²) in [6.07, 6.45) is 2.45. The molecule has 0 saturated heterocycles. The summed E-state index contributed by atoms with van der Waals surface area (Å²) in [5.41, 5.74) is 0. The molecule has 0 unspecified atom stereocenters. The van der Waals surface area contributed by atoms with Crippen molar-refractivity contribution in [2.45, 2.75) is 40.0 Å². The summed E-state index contributed by atoms with van der Waals surface area (Å²) in [5, 5.41) is 9.24. The second kappa shape index (κ2) is 9.12. The Morgan fingerprint density at radius 3 is 2.25 bits per heavy atom. The van der Waals surface area contributed by atoms with Crippen LogP contribution in [0.25, 0.3) is 0 Å². The van der Waals surface area contributed by atoms with Gasteiger partial charge in [0.2, 0.25) is 5.91 Å². The number of aromatic nitrogens is 2. The second-order valence-corrected chi connectivity index (χ2v) is 4.64. The maximum absolute atomic E-state index is 11.5. The lowest BCUT2D eigenvalue weighted by Gasteiger charge is -2.09. The molecule has 0 spiro atoms. The van der Waals surface area contributed by atoms with Gasteiger partial charge in [-0.1, -0.05) is 13.8 Å². The van der Waals surface area contributed by atoms with Crippen LogP contribution < -0.4 is 16.0 Å². The summed E-state index contributed by atoms with van der Waals surface area (Å²) in [6, 6.07) is 1.87. The Hall–Kier alpha value is -1.85. The molecule has 0 bridgehead atoms. The first-order valence-corrected chi connectivity index (χ1v) is 7.25. The van der Waals surface area contributed by atoms with Gasteiger partial charge in [0, 0.05) is 32.1 Å². The molecule has 1 aromatic rings. The molecule has 1 heterocycles. The maximum Gasteiger partial charge on any atom is 0.221 e. The molecule has 0 saturated carbocycles. The van der Waals surface area contributed by atoms with Crippen LogP contribution in [0.1, 0.15) is 38.9 Å². The lowest BCUT2D eigenvalue weighted by atomic mass is 10.3. The Morgan fingerprint density at radius 1 is 1.05 bits per heavy atom. The summed E-state index contributed by atoms with van der Waals surface area (Å²) in [5.74, 6) is 2.34. The Balaban J connectivity index is 2.42. The third-order valence-electron chi connectivity index (χ3n) is 2.62. The summed E-state index contributed by atoms with van der Waals surface area (Å²) < 4.78 is 0. The lowest BCUT2D eigenvalue weighted by Crippen LogP contribution is -2.26. The van der Waals surface area contributed by atoms with Crippen LogP contribution in [0, 0.1) is 6.92 Å². The van der Waals surface area contributed by atoms with E-state index in [0.29, 0.717) is 18.8 Å². The molecule has 0 aliphatic heterocycles. The number of nitrogens with zero attached hydrogens (tertiary/aromatic N) is 2. The first kappa shape index (κ1) is 16.2. The van der Waals surface area contributed by atoms with Gasteiger partial charge in [0.05, 0.1) is 0 Å². The van der Waals surface area contributed by atoms with Crippen molar-refractivity contribution in [2.24, 2.45) is 0 Å². The van der Waals surface area contributed by atoms with E-state index < -0.39 is 0 Å². The average molecular weight is 279 g/mol. The molecular formula is C14H25N5O. The van der Waals surface area contributed by atoms with E-state index in [1.807, 2.05) is 19.9 Å². The Labute approximate surface area is 120 Å². The average Bonchev–Trinajstić information content (AvgIpc) is 2.42. The third-order valence-corrected chi connectivity index (χ3v) is 2.62. The first-order chi connectivity index (χ1) is 9.65. The molecule has 20 heavy (non-hydrogen) atoms. The van der Waals surface area contributed by atoms with Gasteiger partial charge < -0.3 is 16.0 Å². The van der Waals surface area contributed by atoms with E-state index in [1.54, 1.807) is 0 Å². The molecule has 1 amide bonds. The van der Waals surface area contributed by atoms with Crippen LogP contribution in [0.3, 0.4) is 0 Å². The van der Waals surface area contributed by atoms with Crippen LogP contribution in [0.5, 0.6) is 0 Å². The number of hydrogen-bond acceptors (Lipinski definition) is 5. The van der Waals surface area contributed by atoms with Gasteiger partial charge in [-0.05, 0) is 19.8 Å². The Morgan fingerprint density at radius 2 is 1.65 bits per heavy atom. The van der Waals surface area contributed by atoms with Gasteiger partial charge in [-0.25, -0.2) is 9.97 Å². The minimum atomic E-state index is 0.0643. The lowest BCUT2D eigenvalue weighted by molar-refractivity contribution is -0.120. The van der Waals surface area contributed by atoms with E-state index in [9.17, 15) is 4.79 Å². The number of hydrogen-bond donors (Lipinski definition) is 3. The number of rotatable bonds is 9. The van der Waals surface area contributed by atoms with Crippen molar-refractivity contribution >= 4 is 17.5 Å². The van der Waals surface area contributed by atoms with Crippen molar-refractivity contribution in [2.75, 3.05) is 30.3 Å². The minimum absolute atomic E-state index is 0.0643. The topological polar surface area (TPSA) is 78.9 Å². The van der Waals surface area contributed by atoms with Crippen molar-refractivity contribution in [1.29, 1.82) is 0 Å². The van der Waals surface area contributed by atoms with E-state index in [1.165, 1.54) is 0 Å². The molecule has 0 aromatic carbocycles. The van der Waals surface area contributed by atoms with Crippen LogP contribution in [0.4, 0.5) is 11.6 Å². The van der Waals surface area contributed by atoms with Gasteiger partial charge in [-0.3, -0.25) is 4.79 Å². The van der Waals surface area contributed by atoms with Gasteiger partial charge >= 0.3 is 0 Å². The van der Waals surface area contributed by atoms with Crippen LogP contribution in [-0.2, 0) is 4.79 Å². The van der Waals surface area contributed by atoms with E-state index in [4.69, 9.17) is 0 Å². The summed E-state index contributed by atoms with van der Waals surface area (Å²) >= 11 is 0. The maximum atomic E-state index is 11.5. The molecule has 0 atom stereocenters. The van der Waals surface area contributed by atoms with Crippen LogP contribution in [-0.4, -0.2) is 35.5 Å². The van der Waals surface area contributed by atoms with Crippen molar-refractivity contribution in [3.63, 3.8) is 0 Å². The fourth-order valence-corrected chi connectivity index (χ4v) is 1.66. The number of anilines is 2. The highest BCUT2D eigenvalue weighted by Gasteiger charge is 2.03. The largest absolute Gasteiger partial charge is 0.370 e. The fourth-order valence-electron chi connectivity index (χ4n) is 1.66. The van der Waals surface area contributed by atoms with Crippen molar-refractivity contribution in [3.8, 4) is 0 Å². The molecule has 0 radical (unpaired) electrons. The number of amides is 1. The molecular weight excluding hydrogens is 254 g/mol. The zero-order valence-corrected chi connectivity index (χ0v) is 12.6. The fraction of sp³-hybridized carbons (Fsp3) is 0.643. The molecule has 6 heteroatoms. The highest BCUT2D eigenvalue weighted by molar-refractivity contribution is 5.76. The standard InChI is InChI=1S/C14H25N5O/c1-4-7-15-12-10-13(19-11(3)18-12)16-9-6-14(20)17-8-5-2/h10H,4-9H2,1-3H3,(H,17,20)(H2,15,16,18,19). The molecule has 0 aliphatic carbocycles.